The van der Waals surface area contributed by atoms with Crippen LogP contribution in [0.25, 0.3) is 32.9 Å². The van der Waals surface area contributed by atoms with E-state index in [9.17, 15) is 8.76 Å². The van der Waals surface area contributed by atoms with Crippen LogP contribution in [-0.2, 0) is 16.8 Å². The summed E-state index contributed by atoms with van der Waals surface area (Å²) in [5.41, 5.74) is 3.63. The molecule has 1 atom stereocenters. The van der Waals surface area contributed by atoms with Gasteiger partial charge < -0.3 is 4.55 Å². The highest BCUT2D eigenvalue weighted by molar-refractivity contribution is 7.78. The van der Waals surface area contributed by atoms with Crippen LogP contribution in [0.15, 0.2) is 72.8 Å². The van der Waals surface area contributed by atoms with Crippen LogP contribution in [0.2, 0.25) is 0 Å². The van der Waals surface area contributed by atoms with Gasteiger partial charge in [-0.05, 0) is 17.0 Å². The van der Waals surface area contributed by atoms with Crippen molar-refractivity contribution in [3.63, 3.8) is 0 Å². The molecule has 4 rings (SSSR count). The second-order valence-corrected chi connectivity index (χ2v) is 6.56. The Morgan fingerprint density at radius 2 is 1.42 bits per heavy atom. The fraction of sp³-hybridized carbons (Fsp3) is 0.0500. The van der Waals surface area contributed by atoms with Crippen molar-refractivity contribution in [2.24, 2.45) is 0 Å². The molecule has 0 fully saturated rings. The van der Waals surface area contributed by atoms with Gasteiger partial charge in [0.05, 0.1) is 11.2 Å². The Hall–Kier alpha value is -2.56. The number of nitrogens with zero attached hydrogens (tertiary/aromatic N) is 1. The molecular weight excluding hydrogens is 318 g/mol. The molecule has 0 amide bonds. The van der Waals surface area contributed by atoms with E-state index < -0.39 is 11.1 Å². The molecule has 0 saturated heterocycles. The summed E-state index contributed by atoms with van der Waals surface area (Å²) in [7, 11) is 0. The minimum Gasteiger partial charge on any atom is -0.772 e. The molecule has 0 bridgehead atoms. The van der Waals surface area contributed by atoms with Gasteiger partial charge in [0, 0.05) is 22.1 Å². The van der Waals surface area contributed by atoms with Crippen LogP contribution in [-0.4, -0.2) is 13.7 Å². The summed E-state index contributed by atoms with van der Waals surface area (Å²) in [5.74, 6) is 0.0339. The van der Waals surface area contributed by atoms with Crippen molar-refractivity contribution in [1.29, 1.82) is 0 Å². The van der Waals surface area contributed by atoms with Crippen molar-refractivity contribution in [1.82, 2.24) is 4.98 Å². The Labute approximate surface area is 142 Å². The maximum atomic E-state index is 10.8. The quantitative estimate of drug-likeness (QED) is 0.412. The van der Waals surface area contributed by atoms with Gasteiger partial charge in [-0.15, -0.1) is 0 Å². The largest absolute Gasteiger partial charge is 0.772 e. The number of benzene rings is 3. The van der Waals surface area contributed by atoms with E-state index in [0.717, 1.165) is 33.1 Å². The van der Waals surface area contributed by atoms with Gasteiger partial charge in [0.1, 0.15) is 0 Å². The summed E-state index contributed by atoms with van der Waals surface area (Å²) in [6.07, 6.45) is 0. The van der Waals surface area contributed by atoms with Crippen molar-refractivity contribution in [2.45, 2.75) is 5.75 Å². The van der Waals surface area contributed by atoms with Crippen LogP contribution in [0.4, 0.5) is 0 Å². The summed E-state index contributed by atoms with van der Waals surface area (Å²) in [5, 5.41) is 3.40. The Balaban J connectivity index is 1.93. The highest BCUT2D eigenvalue weighted by atomic mass is 32.2. The Morgan fingerprint density at radius 1 is 0.792 bits per heavy atom. The number of fused-ring (bicyclic) bond motifs is 3. The first-order chi connectivity index (χ1) is 11.7. The highest BCUT2D eigenvalue weighted by Gasteiger charge is 2.09. The fourth-order valence-electron chi connectivity index (χ4n) is 3.02. The molecule has 1 unspecified atom stereocenters. The molecule has 0 N–H and O–H groups in total. The molecule has 0 aliphatic rings. The molecule has 1 heterocycles. The van der Waals surface area contributed by atoms with E-state index in [2.05, 4.69) is 18.2 Å². The number of hydrogen-bond acceptors (Lipinski definition) is 3. The van der Waals surface area contributed by atoms with E-state index in [4.69, 9.17) is 4.98 Å². The second-order valence-electron chi connectivity index (χ2n) is 5.67. The van der Waals surface area contributed by atoms with Gasteiger partial charge in [-0.3, -0.25) is 4.21 Å². The van der Waals surface area contributed by atoms with Crippen LogP contribution < -0.4 is 0 Å². The molecule has 118 valence electrons. The number of pyridine rings is 1. The monoisotopic (exact) mass is 332 g/mol. The summed E-state index contributed by atoms with van der Waals surface area (Å²) in [6.45, 7) is 0. The molecule has 3 aromatic carbocycles. The van der Waals surface area contributed by atoms with E-state index in [1.165, 1.54) is 5.39 Å². The standard InChI is InChI=1S/C20H15NO2S/c22-24(23)13-14-9-11-15(12-10-14)20-18-7-2-1-5-16(18)17-6-3-4-8-19(17)21-20/h1-12H,13H2,(H,22,23)/p-1. The zero-order valence-electron chi connectivity index (χ0n) is 12.8. The molecule has 0 radical (unpaired) electrons. The maximum Gasteiger partial charge on any atom is 0.0788 e. The van der Waals surface area contributed by atoms with Crippen molar-refractivity contribution in [3.8, 4) is 11.3 Å². The fourth-order valence-corrected chi connectivity index (χ4v) is 3.48. The Kier molecular flexibility index (Phi) is 3.84. The minimum absolute atomic E-state index is 0.0339. The molecular formula is C20H14NO2S-. The van der Waals surface area contributed by atoms with Crippen LogP contribution in [0, 0.1) is 0 Å². The van der Waals surface area contributed by atoms with Crippen LogP contribution in [0.5, 0.6) is 0 Å². The van der Waals surface area contributed by atoms with Gasteiger partial charge in [-0.25, -0.2) is 4.98 Å². The van der Waals surface area contributed by atoms with Gasteiger partial charge in [-0.2, -0.15) is 0 Å². The third kappa shape index (κ3) is 2.70. The number of hydrogen-bond donors (Lipinski definition) is 0. The average Bonchev–Trinajstić information content (AvgIpc) is 2.61. The van der Waals surface area contributed by atoms with Crippen LogP contribution in [0.3, 0.4) is 0 Å². The molecule has 3 nitrogen and oxygen atoms in total. The van der Waals surface area contributed by atoms with E-state index in [0.29, 0.717) is 0 Å². The third-order valence-corrected chi connectivity index (χ3v) is 4.69. The lowest BCUT2D eigenvalue weighted by Gasteiger charge is -2.11. The maximum absolute atomic E-state index is 10.8. The van der Waals surface area contributed by atoms with Crippen molar-refractivity contribution < 1.29 is 8.76 Å². The van der Waals surface area contributed by atoms with Gasteiger partial charge in [0.2, 0.25) is 0 Å². The average molecular weight is 332 g/mol. The van der Waals surface area contributed by atoms with Gasteiger partial charge in [0.25, 0.3) is 0 Å². The molecule has 0 saturated carbocycles. The molecule has 4 heteroatoms. The zero-order valence-corrected chi connectivity index (χ0v) is 13.6. The minimum atomic E-state index is -2.07. The molecule has 0 spiro atoms. The van der Waals surface area contributed by atoms with E-state index in [-0.39, 0.29) is 5.75 Å². The zero-order chi connectivity index (χ0) is 16.5. The van der Waals surface area contributed by atoms with E-state index in [1.54, 1.807) is 0 Å². The van der Waals surface area contributed by atoms with Crippen molar-refractivity contribution >= 4 is 32.8 Å². The lowest BCUT2D eigenvalue weighted by Crippen LogP contribution is -1.94. The van der Waals surface area contributed by atoms with Crippen LogP contribution in [0.1, 0.15) is 5.56 Å². The predicted octanol–water partition coefficient (Wildman–Crippen LogP) is 4.43. The topological polar surface area (TPSA) is 53.0 Å². The number of aromatic nitrogens is 1. The molecule has 0 aliphatic heterocycles. The van der Waals surface area contributed by atoms with Gasteiger partial charge >= 0.3 is 0 Å². The second kappa shape index (κ2) is 6.15. The van der Waals surface area contributed by atoms with E-state index >= 15 is 0 Å². The number of para-hydroxylation sites is 1. The summed E-state index contributed by atoms with van der Waals surface area (Å²) in [6, 6.07) is 23.9. The first-order valence-corrected chi connectivity index (χ1v) is 8.89. The third-order valence-electron chi connectivity index (χ3n) is 4.12. The molecule has 24 heavy (non-hydrogen) atoms. The lowest BCUT2D eigenvalue weighted by molar-refractivity contribution is 0.536. The Morgan fingerprint density at radius 3 is 2.12 bits per heavy atom. The lowest BCUT2D eigenvalue weighted by atomic mass is 9.99. The Bertz CT molecular complexity index is 1060. The van der Waals surface area contributed by atoms with Gasteiger partial charge in [-0.1, -0.05) is 77.8 Å². The van der Waals surface area contributed by atoms with Crippen molar-refractivity contribution in [2.75, 3.05) is 0 Å². The normalized spacial score (nSPS) is 12.5. The van der Waals surface area contributed by atoms with E-state index in [1.807, 2.05) is 54.6 Å². The van der Waals surface area contributed by atoms with Crippen molar-refractivity contribution in [3.05, 3.63) is 78.4 Å². The number of rotatable bonds is 3. The van der Waals surface area contributed by atoms with Gasteiger partial charge in [0.15, 0.2) is 0 Å². The first-order valence-electron chi connectivity index (χ1n) is 7.65. The molecule has 4 aromatic rings. The smallest absolute Gasteiger partial charge is 0.0788 e. The highest BCUT2D eigenvalue weighted by Crippen LogP contribution is 2.32. The summed E-state index contributed by atoms with van der Waals surface area (Å²) in [4.78, 5) is 4.84. The summed E-state index contributed by atoms with van der Waals surface area (Å²) >= 11 is -2.07. The molecule has 0 aliphatic carbocycles. The van der Waals surface area contributed by atoms with Crippen LogP contribution >= 0.6 is 0 Å². The SMILES string of the molecule is O=S([O-])Cc1ccc(-c2nc3ccccc3c3ccccc23)cc1. The molecule has 1 aromatic heterocycles. The first kappa shape index (κ1) is 15.0. The predicted molar refractivity (Wildman–Crippen MR) is 97.3 cm³/mol. The summed E-state index contributed by atoms with van der Waals surface area (Å²) < 4.78 is 21.7.